The van der Waals surface area contributed by atoms with Crippen molar-refractivity contribution in [1.29, 1.82) is 5.26 Å². The second kappa shape index (κ2) is 8.86. The van der Waals surface area contributed by atoms with E-state index in [2.05, 4.69) is 16.7 Å². The van der Waals surface area contributed by atoms with E-state index in [1.54, 1.807) is 0 Å². The molecule has 1 unspecified atom stereocenters. The minimum absolute atomic E-state index is 0.0216. The van der Waals surface area contributed by atoms with Gasteiger partial charge in [0.2, 0.25) is 5.91 Å². The number of amides is 1. The van der Waals surface area contributed by atoms with Crippen LogP contribution in [0.25, 0.3) is 0 Å². The summed E-state index contributed by atoms with van der Waals surface area (Å²) >= 11 is 0. The molecule has 19 heavy (non-hydrogen) atoms. The van der Waals surface area contributed by atoms with Gasteiger partial charge in [0.15, 0.2) is 0 Å². The van der Waals surface area contributed by atoms with Gasteiger partial charge in [-0.05, 0) is 20.3 Å². The predicted molar refractivity (Wildman–Crippen MR) is 72.6 cm³/mol. The molecule has 0 aromatic heterocycles. The molecule has 0 saturated carbocycles. The van der Waals surface area contributed by atoms with Gasteiger partial charge in [-0.1, -0.05) is 0 Å². The van der Waals surface area contributed by atoms with Crippen LogP contribution in [0.4, 0.5) is 0 Å². The number of carbonyl (C=O) groups is 1. The summed E-state index contributed by atoms with van der Waals surface area (Å²) in [5, 5.41) is 15.0. The van der Waals surface area contributed by atoms with Crippen LogP contribution >= 0.6 is 0 Å². The highest BCUT2D eigenvalue weighted by atomic mass is 16.5. The van der Waals surface area contributed by atoms with Crippen molar-refractivity contribution in [2.45, 2.75) is 32.4 Å². The van der Waals surface area contributed by atoms with E-state index in [0.717, 1.165) is 19.5 Å². The molecule has 0 aromatic carbocycles. The second-order valence-corrected chi connectivity index (χ2v) is 4.94. The highest BCUT2D eigenvalue weighted by Gasteiger charge is 2.23. The Morgan fingerprint density at radius 1 is 1.63 bits per heavy atom. The summed E-state index contributed by atoms with van der Waals surface area (Å²) in [5.74, 6) is -0.0216. The van der Waals surface area contributed by atoms with Crippen molar-refractivity contribution in [3.63, 3.8) is 0 Å². The van der Waals surface area contributed by atoms with Gasteiger partial charge in [0.1, 0.15) is 6.04 Å². The van der Waals surface area contributed by atoms with E-state index in [1.165, 1.54) is 0 Å². The molecule has 1 aliphatic rings. The molecule has 0 spiro atoms. The number of ether oxygens (including phenoxy) is 1. The molecule has 0 aliphatic carbocycles. The Balaban J connectivity index is 2.14. The Hall–Kier alpha value is -1.16. The summed E-state index contributed by atoms with van der Waals surface area (Å²) in [6.07, 6.45) is 1.04. The van der Waals surface area contributed by atoms with Gasteiger partial charge in [-0.2, -0.15) is 5.26 Å². The molecule has 2 N–H and O–H groups in total. The number of nitriles is 1. The Morgan fingerprint density at radius 2 is 2.42 bits per heavy atom. The highest BCUT2D eigenvalue weighted by molar-refractivity contribution is 5.78. The molecule has 1 atom stereocenters. The summed E-state index contributed by atoms with van der Waals surface area (Å²) in [4.78, 5) is 13.7. The zero-order chi connectivity index (χ0) is 14.1. The van der Waals surface area contributed by atoms with Crippen LogP contribution in [-0.4, -0.2) is 62.3 Å². The zero-order valence-electron chi connectivity index (χ0n) is 11.8. The first kappa shape index (κ1) is 15.9. The predicted octanol–water partition coefficient (Wildman–Crippen LogP) is -0.285. The molecule has 1 fully saturated rings. The number of carbonyl (C=O) groups excluding carboxylic acids is 1. The third kappa shape index (κ3) is 6.53. The number of nitrogens with one attached hydrogen (secondary N) is 2. The average Bonchev–Trinajstić information content (AvgIpc) is 2.38. The van der Waals surface area contributed by atoms with Crippen molar-refractivity contribution in [2.24, 2.45) is 0 Å². The first-order chi connectivity index (χ1) is 9.13. The molecule has 108 valence electrons. The van der Waals surface area contributed by atoms with E-state index in [9.17, 15) is 4.79 Å². The monoisotopic (exact) mass is 268 g/mol. The lowest BCUT2D eigenvalue weighted by molar-refractivity contribution is -0.122. The summed E-state index contributed by atoms with van der Waals surface area (Å²) in [5.41, 5.74) is 0. The largest absolute Gasteiger partial charge is 0.379 e. The molecule has 1 rings (SSSR count). The minimum atomic E-state index is -0.205. The average molecular weight is 268 g/mol. The Morgan fingerprint density at radius 3 is 3.11 bits per heavy atom. The van der Waals surface area contributed by atoms with Crippen LogP contribution in [0.5, 0.6) is 0 Å². The lowest BCUT2D eigenvalue weighted by Crippen LogP contribution is -2.53. The van der Waals surface area contributed by atoms with Crippen LogP contribution in [0.3, 0.4) is 0 Å². The SMILES string of the molecule is CC(C)OCCCNC(=O)CN1CCNCC1C#N. The van der Waals surface area contributed by atoms with Crippen LogP contribution in [0.1, 0.15) is 20.3 Å². The fourth-order valence-electron chi connectivity index (χ4n) is 1.92. The minimum Gasteiger partial charge on any atom is -0.379 e. The fourth-order valence-corrected chi connectivity index (χ4v) is 1.92. The number of nitrogens with zero attached hydrogens (tertiary/aromatic N) is 2. The number of rotatable bonds is 7. The van der Waals surface area contributed by atoms with Gasteiger partial charge in [0, 0.05) is 32.8 Å². The Bertz CT molecular complexity index is 314. The summed E-state index contributed by atoms with van der Waals surface area (Å²) in [6, 6.07) is 2.01. The molecular formula is C13H24N4O2. The van der Waals surface area contributed by atoms with E-state index in [0.29, 0.717) is 26.2 Å². The summed E-state index contributed by atoms with van der Waals surface area (Å²) in [7, 11) is 0. The van der Waals surface area contributed by atoms with Crippen molar-refractivity contribution >= 4 is 5.91 Å². The lowest BCUT2D eigenvalue weighted by Gasteiger charge is -2.31. The summed E-state index contributed by atoms with van der Waals surface area (Å²) in [6.45, 7) is 7.75. The third-order valence-electron chi connectivity index (χ3n) is 2.94. The maximum atomic E-state index is 11.7. The van der Waals surface area contributed by atoms with Gasteiger partial charge >= 0.3 is 0 Å². The van der Waals surface area contributed by atoms with Gasteiger partial charge in [-0.15, -0.1) is 0 Å². The van der Waals surface area contributed by atoms with Crippen molar-refractivity contribution in [1.82, 2.24) is 15.5 Å². The quantitative estimate of drug-likeness (QED) is 0.621. The molecule has 1 heterocycles. The molecule has 0 bridgehead atoms. The number of hydrogen-bond acceptors (Lipinski definition) is 5. The lowest BCUT2D eigenvalue weighted by atomic mass is 10.2. The summed E-state index contributed by atoms with van der Waals surface area (Å²) < 4.78 is 5.40. The molecule has 6 nitrogen and oxygen atoms in total. The molecule has 1 amide bonds. The standard InChI is InChI=1S/C13H24N4O2/c1-11(2)19-7-3-4-16-13(18)10-17-6-5-15-9-12(17)8-14/h11-12,15H,3-7,9-10H2,1-2H3,(H,16,18). The molecular weight excluding hydrogens is 244 g/mol. The van der Waals surface area contributed by atoms with Crippen molar-refractivity contribution in [3.05, 3.63) is 0 Å². The van der Waals surface area contributed by atoms with Crippen LogP contribution < -0.4 is 10.6 Å². The van der Waals surface area contributed by atoms with Gasteiger partial charge < -0.3 is 15.4 Å². The van der Waals surface area contributed by atoms with Crippen LogP contribution in [0, 0.1) is 11.3 Å². The van der Waals surface area contributed by atoms with Crippen LogP contribution in [0.15, 0.2) is 0 Å². The molecule has 6 heteroatoms. The first-order valence-electron chi connectivity index (χ1n) is 6.86. The third-order valence-corrected chi connectivity index (χ3v) is 2.94. The van der Waals surface area contributed by atoms with Gasteiger partial charge in [0.05, 0.1) is 18.7 Å². The highest BCUT2D eigenvalue weighted by Crippen LogP contribution is 2.01. The van der Waals surface area contributed by atoms with Gasteiger partial charge in [-0.25, -0.2) is 0 Å². The maximum Gasteiger partial charge on any atom is 0.234 e. The maximum absolute atomic E-state index is 11.7. The zero-order valence-corrected chi connectivity index (χ0v) is 11.8. The van der Waals surface area contributed by atoms with Crippen molar-refractivity contribution < 1.29 is 9.53 Å². The number of piperazine rings is 1. The molecule has 1 aliphatic heterocycles. The van der Waals surface area contributed by atoms with Crippen molar-refractivity contribution in [2.75, 3.05) is 39.3 Å². The van der Waals surface area contributed by atoms with Crippen LogP contribution in [0.2, 0.25) is 0 Å². The molecule has 0 radical (unpaired) electrons. The topological polar surface area (TPSA) is 77.4 Å². The number of hydrogen-bond donors (Lipinski definition) is 2. The Labute approximate surface area is 115 Å². The smallest absolute Gasteiger partial charge is 0.234 e. The van der Waals surface area contributed by atoms with Gasteiger partial charge in [-0.3, -0.25) is 9.69 Å². The second-order valence-electron chi connectivity index (χ2n) is 4.94. The van der Waals surface area contributed by atoms with Gasteiger partial charge in [0.25, 0.3) is 0 Å². The molecule has 1 saturated heterocycles. The fraction of sp³-hybridized carbons (Fsp3) is 0.846. The van der Waals surface area contributed by atoms with E-state index >= 15 is 0 Å². The van der Waals surface area contributed by atoms with E-state index in [-0.39, 0.29) is 18.1 Å². The Kier molecular flexibility index (Phi) is 7.41. The first-order valence-corrected chi connectivity index (χ1v) is 6.86. The van der Waals surface area contributed by atoms with E-state index in [4.69, 9.17) is 10.00 Å². The van der Waals surface area contributed by atoms with Crippen molar-refractivity contribution in [3.8, 4) is 6.07 Å². The normalized spacial score (nSPS) is 20.2. The molecule has 0 aromatic rings. The van der Waals surface area contributed by atoms with E-state index in [1.807, 2.05) is 18.7 Å². The van der Waals surface area contributed by atoms with Crippen LogP contribution in [-0.2, 0) is 9.53 Å². The van der Waals surface area contributed by atoms with E-state index < -0.39 is 0 Å².